The Morgan fingerprint density at radius 1 is 0.848 bits per heavy atom. The molecule has 0 aromatic heterocycles. The first kappa shape index (κ1) is 25.1. The van der Waals surface area contributed by atoms with Crippen LogP contribution in [0.4, 0.5) is 0 Å². The van der Waals surface area contributed by atoms with Gasteiger partial charge in [-0.1, -0.05) is 90.5 Å². The van der Waals surface area contributed by atoms with Crippen molar-refractivity contribution in [1.82, 2.24) is 4.72 Å². The first-order valence-corrected chi connectivity index (χ1v) is 13.6. The second-order valence-electron chi connectivity index (χ2n) is 9.14. The van der Waals surface area contributed by atoms with Gasteiger partial charge in [0.2, 0.25) is 0 Å². The van der Waals surface area contributed by atoms with E-state index in [1.165, 1.54) is 0 Å². The molecule has 3 rings (SSSR count). The van der Waals surface area contributed by atoms with Gasteiger partial charge < -0.3 is 0 Å². The number of nitrogens with one attached hydrogen (secondary N) is 1. The molecule has 0 bridgehead atoms. The number of sulfone groups is 1. The summed E-state index contributed by atoms with van der Waals surface area (Å²) in [6.07, 6.45) is 3.71. The summed E-state index contributed by atoms with van der Waals surface area (Å²) in [5, 5.41) is 0. The van der Waals surface area contributed by atoms with Crippen LogP contribution >= 0.6 is 0 Å². The number of rotatable bonds is 8. The first-order valence-electron chi connectivity index (χ1n) is 10.8. The van der Waals surface area contributed by atoms with Crippen LogP contribution in [0.15, 0.2) is 95.9 Å². The predicted molar refractivity (Wildman–Crippen MR) is 138 cm³/mol. The van der Waals surface area contributed by atoms with E-state index in [0.29, 0.717) is 0 Å². The van der Waals surface area contributed by atoms with Crippen LogP contribution < -0.4 is 4.72 Å². The molecule has 3 aromatic rings. The average molecular weight is 482 g/mol. The molecular formula is C27H31NO3S2. The summed E-state index contributed by atoms with van der Waals surface area (Å²) >= 11 is 0. The fourth-order valence-electron chi connectivity index (χ4n) is 3.33. The Bertz CT molecular complexity index is 1210. The zero-order chi connectivity index (χ0) is 24.1. The van der Waals surface area contributed by atoms with Crippen molar-refractivity contribution in [2.75, 3.05) is 5.75 Å². The van der Waals surface area contributed by atoms with Crippen molar-refractivity contribution in [3.63, 3.8) is 0 Å². The molecular weight excluding hydrogens is 450 g/mol. The Kier molecular flexibility index (Phi) is 7.73. The second-order valence-corrected chi connectivity index (χ2v) is 13.1. The van der Waals surface area contributed by atoms with E-state index >= 15 is 0 Å². The van der Waals surface area contributed by atoms with Gasteiger partial charge in [-0.05, 0) is 51.0 Å². The molecule has 0 saturated carbocycles. The first-order chi connectivity index (χ1) is 15.5. The van der Waals surface area contributed by atoms with Gasteiger partial charge in [-0.3, -0.25) is 0 Å². The van der Waals surface area contributed by atoms with Gasteiger partial charge in [0.25, 0.3) is 0 Å². The van der Waals surface area contributed by atoms with Crippen molar-refractivity contribution in [3.8, 4) is 0 Å². The van der Waals surface area contributed by atoms with Gasteiger partial charge in [-0.15, -0.1) is 0 Å². The van der Waals surface area contributed by atoms with Gasteiger partial charge in [0.15, 0.2) is 9.84 Å². The maximum absolute atomic E-state index is 13.6. The van der Waals surface area contributed by atoms with Crippen LogP contribution in [0.3, 0.4) is 0 Å². The maximum atomic E-state index is 13.6. The number of aryl methyl sites for hydroxylation is 1. The van der Waals surface area contributed by atoms with Gasteiger partial charge >= 0.3 is 0 Å². The maximum Gasteiger partial charge on any atom is 0.180 e. The quantitative estimate of drug-likeness (QED) is 0.467. The number of hydrogen-bond donors (Lipinski definition) is 1. The molecule has 2 atom stereocenters. The molecule has 3 aromatic carbocycles. The summed E-state index contributed by atoms with van der Waals surface area (Å²) in [5.41, 5.74) is 1.51. The molecule has 0 fully saturated rings. The third-order valence-corrected chi connectivity index (χ3v) is 8.77. The minimum Gasteiger partial charge on any atom is -0.242 e. The SMILES string of the molecule is Cc1ccc([C@@](/C=C/c2ccccc2)(CS(=O)(=O)c2ccccc2)N[S@@](=O)C(C)(C)C)cc1. The van der Waals surface area contributed by atoms with Crippen LogP contribution in [0, 0.1) is 6.92 Å². The Labute approximate surface area is 200 Å². The lowest BCUT2D eigenvalue weighted by Crippen LogP contribution is -2.50. The zero-order valence-corrected chi connectivity index (χ0v) is 21.1. The third kappa shape index (κ3) is 6.50. The Balaban J connectivity index is 2.20. The van der Waals surface area contributed by atoms with Crippen molar-refractivity contribution >= 4 is 26.9 Å². The van der Waals surface area contributed by atoms with Gasteiger partial charge in [-0.25, -0.2) is 17.3 Å². The predicted octanol–water partition coefficient (Wildman–Crippen LogP) is 5.43. The largest absolute Gasteiger partial charge is 0.242 e. The highest BCUT2D eigenvalue weighted by Gasteiger charge is 2.39. The second kappa shape index (κ2) is 10.2. The lowest BCUT2D eigenvalue weighted by Gasteiger charge is -2.35. The molecule has 0 aliphatic rings. The summed E-state index contributed by atoms with van der Waals surface area (Å²) in [5.74, 6) is -0.280. The molecule has 1 N–H and O–H groups in total. The molecule has 0 aliphatic heterocycles. The molecule has 6 heteroatoms. The van der Waals surface area contributed by atoms with E-state index in [0.717, 1.165) is 16.7 Å². The van der Waals surface area contributed by atoms with Gasteiger partial charge in [0, 0.05) is 0 Å². The molecule has 0 spiro atoms. The summed E-state index contributed by atoms with van der Waals surface area (Å²) in [7, 11) is -5.25. The molecule has 0 amide bonds. The number of benzene rings is 3. The van der Waals surface area contributed by atoms with Crippen molar-refractivity contribution in [2.24, 2.45) is 0 Å². The highest BCUT2D eigenvalue weighted by Crippen LogP contribution is 2.31. The van der Waals surface area contributed by atoms with E-state index in [2.05, 4.69) is 4.72 Å². The minimum absolute atomic E-state index is 0.234. The minimum atomic E-state index is -3.72. The molecule has 174 valence electrons. The van der Waals surface area contributed by atoms with Gasteiger partial charge in [0.1, 0.15) is 0 Å². The summed E-state index contributed by atoms with van der Waals surface area (Å²) in [6.45, 7) is 7.57. The highest BCUT2D eigenvalue weighted by molar-refractivity contribution is 7.91. The van der Waals surface area contributed by atoms with Crippen LogP contribution in [0.2, 0.25) is 0 Å². The molecule has 0 unspecified atom stereocenters. The Morgan fingerprint density at radius 3 is 1.94 bits per heavy atom. The highest BCUT2D eigenvalue weighted by atomic mass is 32.2. The summed E-state index contributed by atoms with van der Waals surface area (Å²) in [4.78, 5) is 0.234. The van der Waals surface area contributed by atoms with E-state index in [1.54, 1.807) is 30.3 Å². The monoisotopic (exact) mass is 481 g/mol. The third-order valence-electron chi connectivity index (χ3n) is 5.28. The van der Waals surface area contributed by atoms with Crippen molar-refractivity contribution in [2.45, 2.75) is 42.9 Å². The summed E-state index contributed by atoms with van der Waals surface area (Å²) in [6, 6.07) is 25.8. The molecule has 0 saturated heterocycles. The van der Waals surface area contributed by atoms with Crippen molar-refractivity contribution in [3.05, 3.63) is 108 Å². The van der Waals surface area contributed by atoms with E-state index < -0.39 is 31.1 Å². The molecule has 0 aliphatic carbocycles. The van der Waals surface area contributed by atoms with Crippen molar-refractivity contribution in [1.29, 1.82) is 0 Å². The smallest absolute Gasteiger partial charge is 0.180 e. The molecule has 0 radical (unpaired) electrons. The number of hydrogen-bond acceptors (Lipinski definition) is 3. The molecule has 4 nitrogen and oxygen atoms in total. The van der Waals surface area contributed by atoms with E-state index in [9.17, 15) is 12.6 Å². The van der Waals surface area contributed by atoms with E-state index in [-0.39, 0.29) is 10.6 Å². The summed E-state index contributed by atoms with van der Waals surface area (Å²) < 4.78 is 43.1. The Hall–Kier alpha value is -2.54. The topological polar surface area (TPSA) is 63.2 Å². The van der Waals surface area contributed by atoms with E-state index in [4.69, 9.17) is 0 Å². The van der Waals surface area contributed by atoms with E-state index in [1.807, 2.05) is 94.4 Å². The van der Waals surface area contributed by atoms with Gasteiger partial charge in [0.05, 0.1) is 31.9 Å². The molecule has 33 heavy (non-hydrogen) atoms. The van der Waals surface area contributed by atoms with Crippen LogP contribution in [-0.4, -0.2) is 23.1 Å². The van der Waals surface area contributed by atoms with Crippen molar-refractivity contribution < 1.29 is 12.6 Å². The lowest BCUT2D eigenvalue weighted by atomic mass is 9.91. The molecule has 0 heterocycles. The Morgan fingerprint density at radius 2 is 1.39 bits per heavy atom. The standard InChI is InChI=1S/C27H31NO3S2/c1-22-15-17-24(18-16-22)27(28-32(29)26(2,3)4,20-19-23-11-7-5-8-12-23)21-33(30,31)25-13-9-6-10-14-25/h5-20,28H,21H2,1-4H3/b20-19+/t27-,32+/m1/s1. The average Bonchev–Trinajstić information content (AvgIpc) is 2.78. The van der Waals surface area contributed by atoms with Gasteiger partial charge in [-0.2, -0.15) is 0 Å². The fraction of sp³-hybridized carbons (Fsp3) is 0.259. The van der Waals surface area contributed by atoms with Crippen LogP contribution in [0.5, 0.6) is 0 Å². The zero-order valence-electron chi connectivity index (χ0n) is 19.5. The van der Waals surface area contributed by atoms with Crippen LogP contribution in [0.1, 0.15) is 37.5 Å². The fourth-order valence-corrected chi connectivity index (χ4v) is 5.99. The normalized spacial score (nSPS) is 15.3. The van der Waals surface area contributed by atoms with Crippen LogP contribution in [-0.2, 0) is 26.4 Å². The van der Waals surface area contributed by atoms with Crippen LogP contribution in [0.25, 0.3) is 6.08 Å². The lowest BCUT2D eigenvalue weighted by molar-refractivity contribution is 0.525.